The smallest absolute Gasteiger partial charge is 0.219 e. The molecule has 2 aromatic rings. The van der Waals surface area contributed by atoms with Crippen LogP contribution in [0.5, 0.6) is 11.5 Å². The van der Waals surface area contributed by atoms with Crippen LogP contribution in [0.3, 0.4) is 0 Å². The van der Waals surface area contributed by atoms with E-state index >= 15 is 0 Å². The molecule has 0 fully saturated rings. The second-order valence-corrected chi connectivity index (χ2v) is 6.16. The first-order valence-electron chi connectivity index (χ1n) is 8.50. The van der Waals surface area contributed by atoms with Crippen LogP contribution in [0.15, 0.2) is 42.5 Å². The predicted octanol–water partition coefficient (Wildman–Crippen LogP) is 3.80. The molecular weight excluding hydrogens is 321 g/mol. The maximum atomic E-state index is 13.2. The zero-order valence-corrected chi connectivity index (χ0v) is 14.3. The molecule has 3 rings (SSSR count). The molecule has 0 aromatic heterocycles. The molecule has 1 N–H and O–H groups in total. The van der Waals surface area contributed by atoms with Crippen LogP contribution in [0, 0.1) is 5.82 Å². The van der Waals surface area contributed by atoms with Gasteiger partial charge >= 0.3 is 0 Å². The van der Waals surface area contributed by atoms with Gasteiger partial charge in [0.05, 0.1) is 6.61 Å². The quantitative estimate of drug-likeness (QED) is 0.868. The molecule has 0 radical (unpaired) electrons. The standard InChI is InChI=1S/C20H22FNO3/c1-22-20(23)8-5-15-9-10-24-19-12-17(6-7-18(15)19)25-13-14-3-2-4-16(21)11-14/h2-4,6-7,11-12,15H,5,8-10,13H2,1H3,(H,22,23). The molecule has 0 saturated carbocycles. The third kappa shape index (κ3) is 4.50. The third-order valence-corrected chi connectivity index (χ3v) is 4.44. The zero-order valence-electron chi connectivity index (χ0n) is 14.3. The number of amides is 1. The Kier molecular flexibility index (Phi) is 5.53. The Morgan fingerprint density at radius 2 is 2.20 bits per heavy atom. The molecule has 1 unspecified atom stereocenters. The van der Waals surface area contributed by atoms with Crippen molar-refractivity contribution < 1.29 is 18.7 Å². The number of ether oxygens (including phenoxy) is 2. The highest BCUT2D eigenvalue weighted by Gasteiger charge is 2.22. The van der Waals surface area contributed by atoms with Crippen molar-refractivity contribution in [2.45, 2.75) is 31.8 Å². The summed E-state index contributed by atoms with van der Waals surface area (Å²) in [6, 6.07) is 12.1. The summed E-state index contributed by atoms with van der Waals surface area (Å²) in [6.45, 7) is 0.940. The second kappa shape index (κ2) is 8.01. The number of carbonyl (C=O) groups excluding carboxylic acids is 1. The van der Waals surface area contributed by atoms with Gasteiger partial charge in [0, 0.05) is 19.5 Å². The molecule has 1 atom stereocenters. The zero-order chi connectivity index (χ0) is 17.6. The van der Waals surface area contributed by atoms with Gasteiger partial charge in [-0.2, -0.15) is 0 Å². The minimum atomic E-state index is -0.270. The number of nitrogens with one attached hydrogen (secondary N) is 1. The van der Waals surface area contributed by atoms with Crippen LogP contribution in [-0.2, 0) is 11.4 Å². The maximum absolute atomic E-state index is 13.2. The van der Waals surface area contributed by atoms with Gasteiger partial charge in [0.2, 0.25) is 5.91 Å². The van der Waals surface area contributed by atoms with Crippen LogP contribution in [0.1, 0.15) is 36.3 Å². The summed E-state index contributed by atoms with van der Waals surface area (Å²) in [5.41, 5.74) is 1.90. The number of carbonyl (C=O) groups is 1. The fourth-order valence-corrected chi connectivity index (χ4v) is 3.06. The molecule has 1 aliphatic heterocycles. The molecule has 2 aromatic carbocycles. The summed E-state index contributed by atoms with van der Waals surface area (Å²) in [7, 11) is 1.66. The van der Waals surface area contributed by atoms with Crippen LogP contribution < -0.4 is 14.8 Å². The molecular formula is C20H22FNO3. The van der Waals surface area contributed by atoms with Crippen molar-refractivity contribution in [3.8, 4) is 11.5 Å². The number of fused-ring (bicyclic) bond motifs is 1. The molecule has 1 aliphatic rings. The summed E-state index contributed by atoms with van der Waals surface area (Å²) in [5, 5.41) is 2.66. The fraction of sp³-hybridized carbons (Fsp3) is 0.350. The van der Waals surface area contributed by atoms with Gasteiger partial charge in [0.1, 0.15) is 23.9 Å². The van der Waals surface area contributed by atoms with E-state index in [4.69, 9.17) is 9.47 Å². The Bertz CT molecular complexity index is 747. The average molecular weight is 343 g/mol. The van der Waals surface area contributed by atoms with E-state index < -0.39 is 0 Å². The Labute approximate surface area is 147 Å². The minimum absolute atomic E-state index is 0.0584. The lowest BCUT2D eigenvalue weighted by atomic mass is 9.89. The number of benzene rings is 2. The molecule has 0 saturated heterocycles. The van der Waals surface area contributed by atoms with Crippen LogP contribution in [0.25, 0.3) is 0 Å². The molecule has 25 heavy (non-hydrogen) atoms. The van der Waals surface area contributed by atoms with Gasteiger partial charge in [-0.3, -0.25) is 4.79 Å². The molecule has 1 amide bonds. The monoisotopic (exact) mass is 343 g/mol. The largest absolute Gasteiger partial charge is 0.493 e. The first kappa shape index (κ1) is 17.3. The Morgan fingerprint density at radius 3 is 3.00 bits per heavy atom. The van der Waals surface area contributed by atoms with E-state index in [1.54, 1.807) is 13.1 Å². The van der Waals surface area contributed by atoms with Crippen molar-refractivity contribution in [1.29, 1.82) is 0 Å². The summed E-state index contributed by atoms with van der Waals surface area (Å²) >= 11 is 0. The molecule has 0 aliphatic carbocycles. The first-order valence-corrected chi connectivity index (χ1v) is 8.50. The summed E-state index contributed by atoms with van der Waals surface area (Å²) in [6.07, 6.45) is 2.23. The van der Waals surface area contributed by atoms with Crippen molar-refractivity contribution in [3.05, 3.63) is 59.4 Å². The number of halogens is 1. The Balaban J connectivity index is 1.65. The van der Waals surface area contributed by atoms with E-state index in [0.717, 1.165) is 29.7 Å². The lowest BCUT2D eigenvalue weighted by Gasteiger charge is -2.26. The summed E-state index contributed by atoms with van der Waals surface area (Å²) in [4.78, 5) is 11.5. The fourth-order valence-electron chi connectivity index (χ4n) is 3.06. The molecule has 132 valence electrons. The molecule has 0 spiro atoms. The lowest BCUT2D eigenvalue weighted by Crippen LogP contribution is -2.20. The van der Waals surface area contributed by atoms with Crippen LogP contribution in [0.4, 0.5) is 4.39 Å². The van der Waals surface area contributed by atoms with E-state index in [2.05, 4.69) is 5.32 Å². The van der Waals surface area contributed by atoms with Crippen molar-refractivity contribution in [3.63, 3.8) is 0 Å². The highest BCUT2D eigenvalue weighted by Crippen LogP contribution is 2.38. The van der Waals surface area contributed by atoms with Crippen molar-refractivity contribution in [2.75, 3.05) is 13.7 Å². The Morgan fingerprint density at radius 1 is 1.32 bits per heavy atom. The van der Waals surface area contributed by atoms with E-state index in [1.807, 2.05) is 24.3 Å². The number of hydrogen-bond donors (Lipinski definition) is 1. The van der Waals surface area contributed by atoms with Crippen molar-refractivity contribution in [2.24, 2.45) is 0 Å². The van der Waals surface area contributed by atoms with Gasteiger partial charge in [-0.05, 0) is 48.1 Å². The van der Waals surface area contributed by atoms with E-state index in [1.165, 1.54) is 12.1 Å². The highest BCUT2D eigenvalue weighted by atomic mass is 19.1. The normalized spacial score (nSPS) is 15.8. The van der Waals surface area contributed by atoms with Crippen molar-refractivity contribution in [1.82, 2.24) is 5.32 Å². The predicted molar refractivity (Wildman–Crippen MR) is 93.3 cm³/mol. The van der Waals surface area contributed by atoms with Gasteiger partial charge in [-0.1, -0.05) is 18.2 Å². The van der Waals surface area contributed by atoms with E-state index in [0.29, 0.717) is 31.3 Å². The van der Waals surface area contributed by atoms with Crippen LogP contribution in [0.2, 0.25) is 0 Å². The third-order valence-electron chi connectivity index (χ3n) is 4.44. The topological polar surface area (TPSA) is 47.6 Å². The molecule has 5 heteroatoms. The average Bonchev–Trinajstić information content (AvgIpc) is 2.64. The van der Waals surface area contributed by atoms with Gasteiger partial charge in [0.25, 0.3) is 0 Å². The van der Waals surface area contributed by atoms with Crippen LogP contribution >= 0.6 is 0 Å². The van der Waals surface area contributed by atoms with Crippen LogP contribution in [-0.4, -0.2) is 19.6 Å². The van der Waals surface area contributed by atoms with Gasteiger partial charge in [-0.25, -0.2) is 4.39 Å². The number of hydrogen-bond acceptors (Lipinski definition) is 3. The second-order valence-electron chi connectivity index (χ2n) is 6.16. The van der Waals surface area contributed by atoms with Crippen molar-refractivity contribution >= 4 is 5.91 Å². The lowest BCUT2D eigenvalue weighted by molar-refractivity contribution is -0.120. The Hall–Kier alpha value is -2.56. The van der Waals surface area contributed by atoms with E-state index in [9.17, 15) is 9.18 Å². The van der Waals surface area contributed by atoms with E-state index in [-0.39, 0.29) is 11.7 Å². The summed E-state index contributed by atoms with van der Waals surface area (Å²) < 4.78 is 24.7. The number of rotatable bonds is 6. The minimum Gasteiger partial charge on any atom is -0.493 e. The van der Waals surface area contributed by atoms with Gasteiger partial charge in [0.15, 0.2) is 0 Å². The first-order chi connectivity index (χ1) is 12.2. The molecule has 4 nitrogen and oxygen atoms in total. The molecule has 1 heterocycles. The van der Waals surface area contributed by atoms with Gasteiger partial charge in [-0.15, -0.1) is 0 Å². The molecule has 0 bridgehead atoms. The highest BCUT2D eigenvalue weighted by molar-refractivity contribution is 5.75. The summed E-state index contributed by atoms with van der Waals surface area (Å²) in [5.74, 6) is 1.61. The SMILES string of the molecule is CNC(=O)CCC1CCOc2cc(OCc3cccc(F)c3)ccc21. The van der Waals surface area contributed by atoms with Gasteiger partial charge < -0.3 is 14.8 Å². The maximum Gasteiger partial charge on any atom is 0.219 e.